The van der Waals surface area contributed by atoms with Gasteiger partial charge in [0.25, 0.3) is 0 Å². The zero-order valence-electron chi connectivity index (χ0n) is 10.6. The molecule has 104 valence electrons. The highest BCUT2D eigenvalue weighted by molar-refractivity contribution is 7.80. The molecule has 0 bridgehead atoms. The van der Waals surface area contributed by atoms with E-state index >= 15 is 0 Å². The molecular weight excluding hydrogens is 281 g/mol. The van der Waals surface area contributed by atoms with Crippen molar-refractivity contribution in [3.05, 3.63) is 41.8 Å². The van der Waals surface area contributed by atoms with E-state index in [9.17, 15) is 9.18 Å². The number of anilines is 2. The zero-order valence-corrected chi connectivity index (χ0v) is 11.4. The molecule has 0 aliphatic heterocycles. The smallest absolute Gasteiger partial charge is 0.324 e. The van der Waals surface area contributed by atoms with Crippen LogP contribution in [0, 0.1) is 5.82 Å². The lowest BCUT2D eigenvalue weighted by molar-refractivity contribution is 0.262. The number of hydrogen-bond donors (Lipinski definition) is 3. The minimum absolute atomic E-state index is 0.0732. The fourth-order valence-corrected chi connectivity index (χ4v) is 1.74. The molecule has 6 nitrogen and oxygen atoms in total. The minimum atomic E-state index is -0.615. The van der Waals surface area contributed by atoms with Crippen LogP contribution in [-0.4, -0.2) is 20.8 Å². The standard InChI is InChI=1S/C12H12FN5OS/c1-18-11(7(6-15-18)10(14)20)17-12(19)16-9-5-3-2-4-8(9)13/h2-6H,1H3,(H2,14,20)(H2,16,17,19). The molecule has 8 heteroatoms. The van der Waals surface area contributed by atoms with Crippen molar-refractivity contribution in [3.8, 4) is 0 Å². The van der Waals surface area contributed by atoms with E-state index in [1.165, 1.54) is 29.1 Å². The van der Waals surface area contributed by atoms with Crippen LogP contribution in [-0.2, 0) is 7.05 Å². The molecule has 0 aliphatic carbocycles. The van der Waals surface area contributed by atoms with Crippen LogP contribution in [0.4, 0.5) is 20.7 Å². The molecule has 4 N–H and O–H groups in total. The molecule has 0 saturated heterocycles. The number of carbonyl (C=O) groups excluding carboxylic acids is 1. The quantitative estimate of drug-likeness (QED) is 0.754. The van der Waals surface area contributed by atoms with Crippen LogP contribution in [0.1, 0.15) is 5.56 Å². The normalized spacial score (nSPS) is 10.1. The average Bonchev–Trinajstić information content (AvgIpc) is 2.74. The van der Waals surface area contributed by atoms with E-state index in [0.29, 0.717) is 11.4 Å². The number of nitrogens with zero attached hydrogens (tertiary/aromatic N) is 2. The molecule has 0 fully saturated rings. The summed E-state index contributed by atoms with van der Waals surface area (Å²) in [5, 5.41) is 8.87. The van der Waals surface area contributed by atoms with Gasteiger partial charge in [0.05, 0.1) is 17.4 Å². The SMILES string of the molecule is Cn1ncc(C(N)=S)c1NC(=O)Nc1ccccc1F. The zero-order chi connectivity index (χ0) is 14.7. The van der Waals surface area contributed by atoms with Gasteiger partial charge in [0, 0.05) is 7.05 Å². The van der Waals surface area contributed by atoms with Crippen molar-refractivity contribution in [3.63, 3.8) is 0 Å². The number of nitrogens with one attached hydrogen (secondary N) is 2. The number of urea groups is 1. The fourth-order valence-electron chi connectivity index (χ4n) is 1.59. The fraction of sp³-hybridized carbons (Fsp3) is 0.0833. The van der Waals surface area contributed by atoms with Crippen molar-refractivity contribution in [1.29, 1.82) is 0 Å². The third-order valence-electron chi connectivity index (χ3n) is 2.56. The van der Waals surface area contributed by atoms with E-state index in [1.54, 1.807) is 13.1 Å². The second kappa shape index (κ2) is 5.66. The van der Waals surface area contributed by atoms with Crippen LogP contribution in [0.25, 0.3) is 0 Å². The molecule has 0 aliphatic rings. The maximum absolute atomic E-state index is 13.4. The minimum Gasteiger partial charge on any atom is -0.389 e. The van der Waals surface area contributed by atoms with Gasteiger partial charge in [0.2, 0.25) is 0 Å². The Morgan fingerprint density at radius 1 is 1.40 bits per heavy atom. The molecule has 0 atom stereocenters. The van der Waals surface area contributed by atoms with Gasteiger partial charge in [-0.25, -0.2) is 9.18 Å². The molecule has 1 heterocycles. The Labute approximate surface area is 119 Å². The highest BCUT2D eigenvalue weighted by atomic mass is 32.1. The van der Waals surface area contributed by atoms with Gasteiger partial charge in [-0.2, -0.15) is 5.10 Å². The first-order valence-electron chi connectivity index (χ1n) is 5.63. The average molecular weight is 293 g/mol. The third-order valence-corrected chi connectivity index (χ3v) is 2.78. The number of amides is 2. The van der Waals surface area contributed by atoms with Gasteiger partial charge in [-0.1, -0.05) is 24.4 Å². The van der Waals surface area contributed by atoms with Crippen LogP contribution < -0.4 is 16.4 Å². The summed E-state index contributed by atoms with van der Waals surface area (Å²) in [4.78, 5) is 12.0. The Hall–Kier alpha value is -2.48. The highest BCUT2D eigenvalue weighted by Gasteiger charge is 2.14. The van der Waals surface area contributed by atoms with Crippen LogP contribution in [0.5, 0.6) is 0 Å². The third kappa shape index (κ3) is 2.91. The Bertz CT molecular complexity index is 670. The van der Waals surface area contributed by atoms with E-state index in [1.807, 2.05) is 0 Å². The van der Waals surface area contributed by atoms with Crippen molar-refractivity contribution in [2.45, 2.75) is 0 Å². The van der Waals surface area contributed by atoms with Crippen molar-refractivity contribution >= 4 is 34.7 Å². The van der Waals surface area contributed by atoms with E-state index in [2.05, 4.69) is 15.7 Å². The first-order valence-corrected chi connectivity index (χ1v) is 6.04. The number of aromatic nitrogens is 2. The maximum Gasteiger partial charge on any atom is 0.324 e. The molecule has 0 saturated carbocycles. The molecule has 0 spiro atoms. The Balaban J connectivity index is 2.15. The predicted molar refractivity (Wildman–Crippen MR) is 78.1 cm³/mol. The van der Waals surface area contributed by atoms with Gasteiger partial charge >= 0.3 is 6.03 Å². The molecule has 1 aromatic heterocycles. The maximum atomic E-state index is 13.4. The summed E-state index contributed by atoms with van der Waals surface area (Å²) in [7, 11) is 1.63. The number of rotatable bonds is 3. The number of benzene rings is 1. The lowest BCUT2D eigenvalue weighted by Gasteiger charge is -2.10. The lowest BCUT2D eigenvalue weighted by Crippen LogP contribution is -2.23. The molecule has 0 unspecified atom stereocenters. The van der Waals surface area contributed by atoms with E-state index in [0.717, 1.165) is 0 Å². The van der Waals surface area contributed by atoms with Crippen LogP contribution in [0.15, 0.2) is 30.5 Å². The summed E-state index contributed by atoms with van der Waals surface area (Å²) in [6.45, 7) is 0. The summed E-state index contributed by atoms with van der Waals surface area (Å²) < 4.78 is 14.8. The molecule has 2 rings (SSSR count). The number of carbonyl (C=O) groups is 1. The first kappa shape index (κ1) is 13.9. The van der Waals surface area contributed by atoms with E-state index < -0.39 is 11.8 Å². The number of aryl methyl sites for hydroxylation is 1. The number of para-hydroxylation sites is 1. The second-order valence-corrected chi connectivity index (χ2v) is 4.39. The monoisotopic (exact) mass is 293 g/mol. The largest absolute Gasteiger partial charge is 0.389 e. The molecular formula is C12H12FN5OS. The summed E-state index contributed by atoms with van der Waals surface area (Å²) in [5.41, 5.74) is 6.04. The highest BCUT2D eigenvalue weighted by Crippen LogP contribution is 2.16. The van der Waals surface area contributed by atoms with Crippen LogP contribution in [0.3, 0.4) is 0 Å². The van der Waals surface area contributed by atoms with Crippen LogP contribution in [0.2, 0.25) is 0 Å². The number of hydrogen-bond acceptors (Lipinski definition) is 3. The van der Waals surface area contributed by atoms with Gasteiger partial charge in [-0.05, 0) is 12.1 Å². The second-order valence-electron chi connectivity index (χ2n) is 3.95. The van der Waals surface area contributed by atoms with Gasteiger partial charge in [-0.3, -0.25) is 10.00 Å². The Morgan fingerprint density at radius 3 is 2.75 bits per heavy atom. The summed E-state index contributed by atoms with van der Waals surface area (Å²) in [6, 6.07) is 5.23. The van der Waals surface area contributed by atoms with Crippen molar-refractivity contribution in [2.75, 3.05) is 10.6 Å². The molecule has 2 aromatic rings. The summed E-state index contributed by atoms with van der Waals surface area (Å²) in [5.74, 6) is -0.187. The topological polar surface area (TPSA) is 85.0 Å². The van der Waals surface area contributed by atoms with E-state index in [-0.39, 0.29) is 10.7 Å². The van der Waals surface area contributed by atoms with Gasteiger partial charge < -0.3 is 11.1 Å². The van der Waals surface area contributed by atoms with Crippen molar-refractivity contribution in [2.24, 2.45) is 12.8 Å². The van der Waals surface area contributed by atoms with Crippen LogP contribution >= 0.6 is 12.2 Å². The van der Waals surface area contributed by atoms with E-state index in [4.69, 9.17) is 18.0 Å². The molecule has 2 amide bonds. The molecule has 0 radical (unpaired) electrons. The predicted octanol–water partition coefficient (Wildman–Crippen LogP) is 1.84. The first-order chi connectivity index (χ1) is 9.49. The Kier molecular flexibility index (Phi) is 3.94. The summed E-state index contributed by atoms with van der Waals surface area (Å²) >= 11 is 4.86. The van der Waals surface area contributed by atoms with Gasteiger partial charge in [0.15, 0.2) is 0 Å². The molecule has 20 heavy (non-hydrogen) atoms. The number of nitrogens with two attached hydrogens (primary N) is 1. The Morgan fingerprint density at radius 2 is 2.10 bits per heavy atom. The lowest BCUT2D eigenvalue weighted by atomic mass is 10.3. The number of halogens is 1. The summed E-state index contributed by atoms with van der Waals surface area (Å²) in [6.07, 6.45) is 1.45. The van der Waals surface area contributed by atoms with Gasteiger partial charge in [0.1, 0.15) is 16.6 Å². The van der Waals surface area contributed by atoms with Crippen molar-refractivity contribution in [1.82, 2.24) is 9.78 Å². The molecule has 1 aromatic carbocycles. The van der Waals surface area contributed by atoms with Crippen molar-refractivity contribution < 1.29 is 9.18 Å². The van der Waals surface area contributed by atoms with Gasteiger partial charge in [-0.15, -0.1) is 0 Å². The number of thiocarbonyl (C=S) groups is 1.